The van der Waals surface area contributed by atoms with Gasteiger partial charge in [-0.3, -0.25) is 4.79 Å². The van der Waals surface area contributed by atoms with Crippen molar-refractivity contribution in [3.63, 3.8) is 0 Å². The Hall–Kier alpha value is -3.23. The van der Waals surface area contributed by atoms with Crippen LogP contribution in [-0.2, 0) is 11.2 Å². The Kier molecular flexibility index (Phi) is 5.52. The molecule has 0 aliphatic carbocycles. The van der Waals surface area contributed by atoms with Gasteiger partial charge in [0.1, 0.15) is 17.3 Å². The summed E-state index contributed by atoms with van der Waals surface area (Å²) < 4.78 is 20.8. The number of ether oxygens (including phenoxy) is 1. The zero-order valence-electron chi connectivity index (χ0n) is 15.8. The molecule has 0 fully saturated rings. The molecule has 4 rings (SSSR count). The number of carbonyl (C=O) groups excluding carboxylic acids is 1. The van der Waals surface area contributed by atoms with Crippen LogP contribution in [-0.4, -0.2) is 23.2 Å². The number of rotatable bonds is 6. The van der Waals surface area contributed by atoms with Gasteiger partial charge in [0, 0.05) is 16.0 Å². The molecule has 2 heterocycles. The largest absolute Gasteiger partial charge is 0.496 e. The summed E-state index contributed by atoms with van der Waals surface area (Å²) in [6.07, 6.45) is -0.0244. The summed E-state index contributed by atoms with van der Waals surface area (Å²) in [7, 11) is 1.56. The van der Waals surface area contributed by atoms with Crippen molar-refractivity contribution in [2.24, 2.45) is 5.73 Å². The van der Waals surface area contributed by atoms with E-state index in [4.69, 9.17) is 22.1 Å². The highest BCUT2D eigenvalue weighted by Gasteiger charge is 2.17. The Morgan fingerprint density at radius 1 is 1.23 bits per heavy atom. The van der Waals surface area contributed by atoms with E-state index in [1.54, 1.807) is 31.4 Å². The van der Waals surface area contributed by atoms with Crippen molar-refractivity contribution in [1.82, 2.24) is 10.2 Å². The maximum absolute atomic E-state index is 14.5. The van der Waals surface area contributed by atoms with Crippen molar-refractivity contribution < 1.29 is 13.9 Å². The third-order valence-electron chi connectivity index (χ3n) is 4.47. The fourth-order valence-corrected chi connectivity index (χ4v) is 4.16. The molecule has 0 aliphatic rings. The zero-order valence-corrected chi connectivity index (χ0v) is 17.4. The highest BCUT2D eigenvalue weighted by Crippen LogP contribution is 2.39. The van der Waals surface area contributed by atoms with Crippen LogP contribution in [0.4, 0.5) is 15.9 Å². The Morgan fingerprint density at radius 3 is 2.80 bits per heavy atom. The van der Waals surface area contributed by atoms with Crippen molar-refractivity contribution in [2.75, 3.05) is 12.4 Å². The van der Waals surface area contributed by atoms with E-state index in [0.717, 1.165) is 15.6 Å². The molecular formula is C21H16ClFN4O2S. The summed E-state index contributed by atoms with van der Waals surface area (Å²) in [6.45, 7) is 0. The number of methoxy groups -OCH3 is 1. The van der Waals surface area contributed by atoms with Crippen LogP contribution in [0.3, 0.4) is 0 Å². The maximum Gasteiger partial charge on any atom is 0.221 e. The predicted octanol–water partition coefficient (Wildman–Crippen LogP) is 4.93. The SMILES string of the molecule is COc1cc(Cl)ccc1-c1nnc(Nc2ccc(CC(N)=O)cc2F)c2ccsc12. The number of halogens is 2. The molecule has 6 nitrogen and oxygen atoms in total. The fourth-order valence-electron chi connectivity index (χ4n) is 3.11. The van der Waals surface area contributed by atoms with Crippen LogP contribution >= 0.6 is 22.9 Å². The van der Waals surface area contributed by atoms with Crippen molar-refractivity contribution in [3.8, 4) is 17.0 Å². The molecule has 0 saturated heterocycles. The molecule has 0 aliphatic heterocycles. The van der Waals surface area contributed by atoms with E-state index in [2.05, 4.69) is 15.5 Å². The first kappa shape index (κ1) is 20.1. The molecule has 1 amide bonds. The molecule has 0 saturated carbocycles. The minimum absolute atomic E-state index is 0.0244. The zero-order chi connectivity index (χ0) is 21.3. The summed E-state index contributed by atoms with van der Waals surface area (Å²) >= 11 is 7.56. The number of hydrogen-bond acceptors (Lipinski definition) is 6. The van der Waals surface area contributed by atoms with Gasteiger partial charge in [-0.25, -0.2) is 4.39 Å². The van der Waals surface area contributed by atoms with Crippen LogP contribution in [0.25, 0.3) is 21.3 Å². The fraction of sp³-hybridized carbons (Fsp3) is 0.0952. The van der Waals surface area contributed by atoms with Crippen molar-refractivity contribution in [3.05, 3.63) is 64.2 Å². The highest BCUT2D eigenvalue weighted by atomic mass is 35.5. The number of carbonyl (C=O) groups is 1. The molecule has 9 heteroatoms. The lowest BCUT2D eigenvalue weighted by Gasteiger charge is -2.12. The van der Waals surface area contributed by atoms with Crippen LogP contribution in [0.5, 0.6) is 5.75 Å². The number of benzene rings is 2. The number of nitrogens with one attached hydrogen (secondary N) is 1. The van der Waals surface area contributed by atoms with Crippen LogP contribution in [0.1, 0.15) is 5.56 Å². The second-order valence-corrected chi connectivity index (χ2v) is 7.84. The third-order valence-corrected chi connectivity index (χ3v) is 5.63. The number of hydrogen-bond donors (Lipinski definition) is 2. The molecular weight excluding hydrogens is 427 g/mol. The summed E-state index contributed by atoms with van der Waals surface area (Å²) in [5.41, 5.74) is 7.30. The molecule has 2 aromatic carbocycles. The van der Waals surface area contributed by atoms with Gasteiger partial charge in [0.25, 0.3) is 0 Å². The van der Waals surface area contributed by atoms with Gasteiger partial charge >= 0.3 is 0 Å². The quantitative estimate of drug-likeness (QED) is 0.442. The monoisotopic (exact) mass is 442 g/mol. The van der Waals surface area contributed by atoms with Crippen LogP contribution in [0, 0.1) is 5.82 Å². The number of anilines is 2. The van der Waals surface area contributed by atoms with Gasteiger partial charge in [-0.1, -0.05) is 17.7 Å². The number of thiophene rings is 1. The van der Waals surface area contributed by atoms with Gasteiger partial charge in [0.2, 0.25) is 5.91 Å². The lowest BCUT2D eigenvalue weighted by Crippen LogP contribution is -2.13. The van der Waals surface area contributed by atoms with Crippen LogP contribution in [0.2, 0.25) is 5.02 Å². The standard InChI is InChI=1S/C21H16ClFN4O2S/c1-29-17-10-12(22)3-4-13(17)19-20-14(6-7-30-20)21(27-26-19)25-16-5-2-11(8-15(16)23)9-18(24)28/h2-8,10H,9H2,1H3,(H2,24,28)(H,25,27). The Morgan fingerprint density at radius 2 is 2.07 bits per heavy atom. The van der Waals surface area contributed by atoms with E-state index in [9.17, 15) is 9.18 Å². The lowest BCUT2D eigenvalue weighted by atomic mass is 10.1. The second-order valence-electron chi connectivity index (χ2n) is 6.49. The van der Waals surface area contributed by atoms with Crippen LogP contribution < -0.4 is 15.8 Å². The summed E-state index contributed by atoms with van der Waals surface area (Å²) in [6, 6.07) is 11.7. The van der Waals surface area contributed by atoms with Crippen molar-refractivity contribution in [2.45, 2.75) is 6.42 Å². The molecule has 0 radical (unpaired) electrons. The van der Waals surface area contributed by atoms with Gasteiger partial charge in [-0.05, 0) is 47.3 Å². The first-order valence-corrected chi connectivity index (χ1v) is 10.1. The number of primary amides is 1. The number of nitrogens with two attached hydrogens (primary N) is 1. The molecule has 0 unspecified atom stereocenters. The number of fused-ring (bicyclic) bond motifs is 1. The van der Waals surface area contributed by atoms with E-state index in [1.165, 1.54) is 17.4 Å². The molecule has 2 aromatic heterocycles. The highest BCUT2D eigenvalue weighted by molar-refractivity contribution is 7.17. The maximum atomic E-state index is 14.5. The van der Waals surface area contributed by atoms with E-state index in [1.807, 2.05) is 17.5 Å². The lowest BCUT2D eigenvalue weighted by molar-refractivity contribution is -0.117. The van der Waals surface area contributed by atoms with Crippen molar-refractivity contribution >= 4 is 50.4 Å². The minimum Gasteiger partial charge on any atom is -0.496 e. The van der Waals surface area contributed by atoms with E-state index >= 15 is 0 Å². The molecule has 0 spiro atoms. The molecule has 3 N–H and O–H groups in total. The van der Waals surface area contributed by atoms with Gasteiger partial charge in [-0.2, -0.15) is 0 Å². The van der Waals surface area contributed by atoms with E-state index in [0.29, 0.717) is 27.8 Å². The predicted molar refractivity (Wildman–Crippen MR) is 117 cm³/mol. The molecule has 152 valence electrons. The van der Waals surface area contributed by atoms with E-state index in [-0.39, 0.29) is 12.1 Å². The Balaban J connectivity index is 1.73. The summed E-state index contributed by atoms with van der Waals surface area (Å²) in [4.78, 5) is 11.0. The molecule has 0 atom stereocenters. The molecule has 4 aromatic rings. The average Bonchev–Trinajstić information content (AvgIpc) is 3.20. The Labute approximate surface area is 180 Å². The smallest absolute Gasteiger partial charge is 0.221 e. The second kappa shape index (κ2) is 8.25. The minimum atomic E-state index is -0.519. The third kappa shape index (κ3) is 3.92. The summed E-state index contributed by atoms with van der Waals surface area (Å²) in [5.74, 6) is -0.0238. The van der Waals surface area contributed by atoms with Crippen LogP contribution in [0.15, 0.2) is 47.8 Å². The van der Waals surface area contributed by atoms with Gasteiger partial charge in [0.15, 0.2) is 5.82 Å². The topological polar surface area (TPSA) is 90.1 Å². The first-order valence-electron chi connectivity index (χ1n) is 8.88. The number of aromatic nitrogens is 2. The number of nitrogens with zero attached hydrogens (tertiary/aromatic N) is 2. The van der Waals surface area contributed by atoms with Gasteiger partial charge < -0.3 is 15.8 Å². The number of amides is 1. The van der Waals surface area contributed by atoms with Gasteiger partial charge in [0.05, 0.1) is 23.9 Å². The normalized spacial score (nSPS) is 10.9. The summed E-state index contributed by atoms with van der Waals surface area (Å²) in [5, 5.41) is 14.9. The molecule has 0 bridgehead atoms. The average molecular weight is 443 g/mol. The van der Waals surface area contributed by atoms with Crippen molar-refractivity contribution in [1.29, 1.82) is 0 Å². The van der Waals surface area contributed by atoms with Gasteiger partial charge in [-0.15, -0.1) is 21.5 Å². The molecule has 30 heavy (non-hydrogen) atoms. The first-order chi connectivity index (χ1) is 14.5. The Bertz CT molecular complexity index is 1260. The van der Waals surface area contributed by atoms with E-state index < -0.39 is 11.7 Å².